The van der Waals surface area contributed by atoms with Crippen LogP contribution in [0.2, 0.25) is 0 Å². The molecular formula is C16H20N4O4. The summed E-state index contributed by atoms with van der Waals surface area (Å²) in [6.07, 6.45) is 2.18. The van der Waals surface area contributed by atoms with Gasteiger partial charge in [0.2, 0.25) is 0 Å². The average Bonchev–Trinajstić information content (AvgIpc) is 3.17. The minimum Gasteiger partial charge on any atom is -0.368 e. The Bertz CT molecular complexity index is 790. The number of carbonyl (C=O) groups excluding carboxylic acids is 1. The van der Waals surface area contributed by atoms with Gasteiger partial charge in [0, 0.05) is 25.3 Å². The van der Waals surface area contributed by atoms with Gasteiger partial charge in [-0.2, -0.15) is 4.98 Å². The predicted octanol–water partition coefficient (Wildman–Crippen LogP) is 1.20. The van der Waals surface area contributed by atoms with Crippen LogP contribution in [0.1, 0.15) is 52.3 Å². The second-order valence-electron chi connectivity index (χ2n) is 5.90. The van der Waals surface area contributed by atoms with Gasteiger partial charge in [-0.3, -0.25) is 9.59 Å². The summed E-state index contributed by atoms with van der Waals surface area (Å²) in [5.41, 5.74) is 1.12. The minimum atomic E-state index is -0.406. The van der Waals surface area contributed by atoms with E-state index in [1.807, 2.05) is 0 Å². The summed E-state index contributed by atoms with van der Waals surface area (Å²) < 4.78 is 10.7. The molecule has 1 amide bonds. The van der Waals surface area contributed by atoms with E-state index in [-0.39, 0.29) is 17.2 Å². The Labute approximate surface area is 138 Å². The summed E-state index contributed by atoms with van der Waals surface area (Å²) in [5, 5.41) is 6.61. The zero-order chi connectivity index (χ0) is 17.1. The number of carbonyl (C=O) groups is 1. The molecule has 1 saturated heterocycles. The van der Waals surface area contributed by atoms with Crippen molar-refractivity contribution in [1.82, 2.24) is 20.4 Å². The number of hydrogen-bond donors (Lipinski definition) is 2. The first-order valence-corrected chi connectivity index (χ1v) is 7.97. The van der Waals surface area contributed by atoms with Crippen molar-refractivity contribution in [2.75, 3.05) is 13.2 Å². The Morgan fingerprint density at radius 2 is 2.29 bits per heavy atom. The number of nitrogens with one attached hydrogen (secondary N) is 2. The van der Waals surface area contributed by atoms with Crippen molar-refractivity contribution in [1.29, 1.82) is 0 Å². The van der Waals surface area contributed by atoms with E-state index in [9.17, 15) is 9.59 Å². The largest absolute Gasteiger partial charge is 0.368 e. The number of pyridine rings is 1. The molecule has 0 spiro atoms. The van der Waals surface area contributed by atoms with Crippen molar-refractivity contribution in [2.45, 2.75) is 39.2 Å². The highest BCUT2D eigenvalue weighted by atomic mass is 16.5. The summed E-state index contributed by atoms with van der Waals surface area (Å²) in [5.74, 6) is 0.589. The third-order valence-electron chi connectivity index (χ3n) is 3.92. The molecule has 128 valence electrons. The lowest BCUT2D eigenvalue weighted by Crippen LogP contribution is -2.32. The molecule has 2 aromatic rings. The molecule has 1 aliphatic heterocycles. The highest BCUT2D eigenvalue weighted by Crippen LogP contribution is 2.26. The fraction of sp³-hybridized carbons (Fsp3) is 0.500. The smallest absolute Gasteiger partial charge is 0.261 e. The Morgan fingerprint density at radius 1 is 1.46 bits per heavy atom. The van der Waals surface area contributed by atoms with Gasteiger partial charge in [-0.05, 0) is 38.3 Å². The van der Waals surface area contributed by atoms with Crippen LogP contribution in [0.5, 0.6) is 0 Å². The number of H-pyrrole nitrogens is 1. The van der Waals surface area contributed by atoms with Crippen LogP contribution < -0.4 is 10.9 Å². The zero-order valence-corrected chi connectivity index (χ0v) is 13.7. The summed E-state index contributed by atoms with van der Waals surface area (Å²) in [7, 11) is 0. The number of rotatable bonds is 5. The topological polar surface area (TPSA) is 110 Å². The van der Waals surface area contributed by atoms with Gasteiger partial charge in [0.25, 0.3) is 17.4 Å². The van der Waals surface area contributed by atoms with Crippen molar-refractivity contribution < 1.29 is 14.1 Å². The van der Waals surface area contributed by atoms with Crippen molar-refractivity contribution >= 4 is 5.91 Å². The van der Waals surface area contributed by atoms with Gasteiger partial charge in [-0.1, -0.05) is 5.16 Å². The van der Waals surface area contributed by atoms with E-state index >= 15 is 0 Å². The quantitative estimate of drug-likeness (QED) is 0.851. The Morgan fingerprint density at radius 3 is 3.00 bits per heavy atom. The fourth-order valence-corrected chi connectivity index (χ4v) is 2.78. The molecule has 1 aliphatic rings. The van der Waals surface area contributed by atoms with Gasteiger partial charge in [0.15, 0.2) is 5.82 Å². The lowest BCUT2D eigenvalue weighted by molar-refractivity contribution is 0.0835. The SMILES string of the molecule is Cc1cc(C)c(C(=O)NCCc2noc(C3CCCO3)n2)c(=O)[nH]1. The van der Waals surface area contributed by atoms with Crippen molar-refractivity contribution in [3.8, 4) is 0 Å². The maximum absolute atomic E-state index is 12.2. The lowest BCUT2D eigenvalue weighted by atomic mass is 10.1. The highest BCUT2D eigenvalue weighted by Gasteiger charge is 2.23. The van der Waals surface area contributed by atoms with E-state index in [0.29, 0.717) is 36.9 Å². The van der Waals surface area contributed by atoms with Crippen LogP contribution in [-0.2, 0) is 11.2 Å². The van der Waals surface area contributed by atoms with Crippen LogP contribution in [0, 0.1) is 13.8 Å². The zero-order valence-electron chi connectivity index (χ0n) is 13.7. The van der Waals surface area contributed by atoms with Crippen LogP contribution in [0.25, 0.3) is 0 Å². The number of ether oxygens (including phenoxy) is 1. The summed E-state index contributed by atoms with van der Waals surface area (Å²) in [6.45, 7) is 4.54. The molecular weight excluding hydrogens is 312 g/mol. The number of aryl methyl sites for hydroxylation is 2. The monoisotopic (exact) mass is 332 g/mol. The van der Waals surface area contributed by atoms with Crippen LogP contribution >= 0.6 is 0 Å². The first kappa shape index (κ1) is 16.4. The summed E-state index contributed by atoms with van der Waals surface area (Å²) >= 11 is 0. The van der Waals surface area contributed by atoms with Gasteiger partial charge >= 0.3 is 0 Å². The maximum Gasteiger partial charge on any atom is 0.261 e. The van der Waals surface area contributed by atoms with E-state index in [1.54, 1.807) is 19.9 Å². The van der Waals surface area contributed by atoms with Gasteiger partial charge in [0.05, 0.1) is 0 Å². The Balaban J connectivity index is 1.57. The molecule has 2 N–H and O–H groups in total. The van der Waals surface area contributed by atoms with Crippen molar-refractivity contribution in [3.63, 3.8) is 0 Å². The normalized spacial score (nSPS) is 17.2. The maximum atomic E-state index is 12.2. The molecule has 3 heterocycles. The van der Waals surface area contributed by atoms with E-state index in [1.165, 1.54) is 0 Å². The Hall–Kier alpha value is -2.48. The van der Waals surface area contributed by atoms with Gasteiger partial charge < -0.3 is 19.6 Å². The fourth-order valence-electron chi connectivity index (χ4n) is 2.78. The summed E-state index contributed by atoms with van der Waals surface area (Å²) in [6, 6.07) is 1.77. The second-order valence-corrected chi connectivity index (χ2v) is 5.90. The number of nitrogens with zero attached hydrogens (tertiary/aromatic N) is 2. The summed E-state index contributed by atoms with van der Waals surface area (Å²) in [4.78, 5) is 31.0. The molecule has 8 nitrogen and oxygen atoms in total. The molecule has 0 radical (unpaired) electrons. The van der Waals surface area contributed by atoms with Crippen molar-refractivity contribution in [3.05, 3.63) is 45.0 Å². The number of aromatic nitrogens is 3. The van der Waals surface area contributed by atoms with Crippen molar-refractivity contribution in [2.24, 2.45) is 0 Å². The number of amides is 1. The second kappa shape index (κ2) is 6.96. The average molecular weight is 332 g/mol. The molecule has 1 atom stereocenters. The standard InChI is InChI=1S/C16H20N4O4/c1-9-8-10(2)18-15(22)13(9)14(21)17-6-5-12-19-16(24-20-12)11-4-3-7-23-11/h8,11H,3-7H2,1-2H3,(H,17,21)(H,18,22). The number of aromatic amines is 1. The molecule has 3 rings (SSSR count). The molecule has 8 heteroatoms. The molecule has 1 unspecified atom stereocenters. The van der Waals surface area contributed by atoms with E-state index < -0.39 is 5.91 Å². The molecule has 0 saturated carbocycles. The minimum absolute atomic E-state index is 0.116. The van der Waals surface area contributed by atoms with E-state index in [0.717, 1.165) is 18.5 Å². The van der Waals surface area contributed by atoms with Gasteiger partial charge in [-0.15, -0.1) is 0 Å². The van der Waals surface area contributed by atoms with Gasteiger partial charge in [-0.25, -0.2) is 0 Å². The third-order valence-corrected chi connectivity index (χ3v) is 3.92. The van der Waals surface area contributed by atoms with Crippen LogP contribution in [0.4, 0.5) is 0 Å². The van der Waals surface area contributed by atoms with Crippen LogP contribution in [-0.4, -0.2) is 34.2 Å². The molecule has 0 aromatic carbocycles. The lowest BCUT2D eigenvalue weighted by Gasteiger charge is -2.06. The van der Waals surface area contributed by atoms with Crippen LogP contribution in [0.3, 0.4) is 0 Å². The molecule has 2 aromatic heterocycles. The van der Waals surface area contributed by atoms with E-state index in [4.69, 9.17) is 9.26 Å². The molecule has 0 bridgehead atoms. The predicted molar refractivity (Wildman–Crippen MR) is 84.8 cm³/mol. The first-order chi connectivity index (χ1) is 11.5. The van der Waals surface area contributed by atoms with Crippen LogP contribution in [0.15, 0.2) is 15.4 Å². The number of hydrogen-bond acceptors (Lipinski definition) is 6. The van der Waals surface area contributed by atoms with E-state index in [2.05, 4.69) is 20.4 Å². The molecule has 0 aliphatic carbocycles. The molecule has 1 fully saturated rings. The Kier molecular flexibility index (Phi) is 4.75. The third kappa shape index (κ3) is 3.53. The first-order valence-electron chi connectivity index (χ1n) is 7.97. The van der Waals surface area contributed by atoms with Gasteiger partial charge in [0.1, 0.15) is 11.7 Å². The highest BCUT2D eigenvalue weighted by molar-refractivity contribution is 5.95. The molecule has 24 heavy (non-hydrogen) atoms.